The van der Waals surface area contributed by atoms with E-state index < -0.39 is 0 Å². The molecule has 0 spiro atoms. The topological polar surface area (TPSA) is 90.9 Å². The third-order valence-electron chi connectivity index (χ3n) is 2.80. The van der Waals surface area contributed by atoms with Crippen molar-refractivity contribution in [3.8, 4) is 6.07 Å². The molecule has 3 N–H and O–H groups in total. The quantitative estimate of drug-likeness (QED) is 0.574. The third-order valence-corrected chi connectivity index (χ3v) is 2.80. The predicted molar refractivity (Wildman–Crippen MR) is 76.5 cm³/mol. The maximum atomic E-state index is 8.92. The van der Waals surface area contributed by atoms with E-state index in [1.165, 1.54) is 0 Å². The maximum absolute atomic E-state index is 8.92. The second-order valence-corrected chi connectivity index (χ2v) is 4.49. The van der Waals surface area contributed by atoms with E-state index in [0.717, 1.165) is 31.0 Å². The smallest absolute Gasteiger partial charge is 0.145 e. The molecular formula is C13H22N6. The Bertz CT molecular complexity index is 439. The monoisotopic (exact) mass is 262 g/mol. The molecule has 104 valence electrons. The summed E-state index contributed by atoms with van der Waals surface area (Å²) in [7, 11) is 0. The van der Waals surface area contributed by atoms with Gasteiger partial charge in [0.15, 0.2) is 0 Å². The fourth-order valence-electron chi connectivity index (χ4n) is 1.81. The number of hydrogen-bond acceptors (Lipinski definition) is 6. The molecule has 0 aliphatic rings. The zero-order chi connectivity index (χ0) is 14.3. The first kappa shape index (κ1) is 15.2. The van der Waals surface area contributed by atoms with Crippen LogP contribution in [-0.4, -0.2) is 23.1 Å². The molecule has 1 aromatic heterocycles. The molecule has 0 fully saturated rings. The average molecular weight is 262 g/mol. The summed E-state index contributed by atoms with van der Waals surface area (Å²) < 4.78 is 0. The normalized spacial score (nSPS) is 11.7. The van der Waals surface area contributed by atoms with Crippen molar-refractivity contribution in [1.29, 1.82) is 5.26 Å². The minimum Gasteiger partial charge on any atom is -0.355 e. The minimum absolute atomic E-state index is 0.0428. The summed E-state index contributed by atoms with van der Waals surface area (Å²) in [6, 6.07) is 4.05. The fourth-order valence-corrected chi connectivity index (χ4v) is 1.81. The van der Waals surface area contributed by atoms with Crippen molar-refractivity contribution in [3.63, 3.8) is 0 Å². The highest BCUT2D eigenvalue weighted by molar-refractivity contribution is 5.49. The highest BCUT2D eigenvalue weighted by Crippen LogP contribution is 2.17. The molecule has 0 aromatic carbocycles. The van der Waals surface area contributed by atoms with E-state index >= 15 is 0 Å². The second kappa shape index (κ2) is 7.54. The van der Waals surface area contributed by atoms with Gasteiger partial charge in [0.2, 0.25) is 0 Å². The summed E-state index contributed by atoms with van der Waals surface area (Å²) in [6.45, 7) is 7.47. The number of anilines is 2. The molecule has 0 aliphatic heterocycles. The van der Waals surface area contributed by atoms with Crippen LogP contribution in [-0.2, 0) is 6.42 Å². The Balaban J connectivity index is 3.01. The van der Waals surface area contributed by atoms with Gasteiger partial charge >= 0.3 is 0 Å². The second-order valence-electron chi connectivity index (χ2n) is 4.49. The SMILES string of the molecule is CCCc1nc(NN)cc(N(CC)CC(C)C#N)n1. The van der Waals surface area contributed by atoms with E-state index in [1.54, 1.807) is 0 Å². The van der Waals surface area contributed by atoms with Gasteiger partial charge in [0.25, 0.3) is 0 Å². The molecule has 1 atom stereocenters. The average Bonchev–Trinajstić information content (AvgIpc) is 2.44. The van der Waals surface area contributed by atoms with Crippen LogP contribution >= 0.6 is 0 Å². The number of rotatable bonds is 7. The van der Waals surface area contributed by atoms with Crippen LogP contribution in [0.4, 0.5) is 11.6 Å². The molecule has 1 rings (SSSR count). The van der Waals surface area contributed by atoms with Crippen LogP contribution < -0.4 is 16.2 Å². The van der Waals surface area contributed by atoms with Gasteiger partial charge in [-0.25, -0.2) is 15.8 Å². The summed E-state index contributed by atoms with van der Waals surface area (Å²) in [4.78, 5) is 10.9. The van der Waals surface area contributed by atoms with Crippen LogP contribution in [0.25, 0.3) is 0 Å². The zero-order valence-corrected chi connectivity index (χ0v) is 11.8. The highest BCUT2D eigenvalue weighted by Gasteiger charge is 2.12. The summed E-state index contributed by atoms with van der Waals surface area (Å²) in [5.74, 6) is 7.60. The Morgan fingerprint density at radius 2 is 2.21 bits per heavy atom. The lowest BCUT2D eigenvalue weighted by molar-refractivity contribution is 0.675. The van der Waals surface area contributed by atoms with E-state index in [2.05, 4.69) is 33.3 Å². The molecular weight excluding hydrogens is 240 g/mol. The molecule has 0 saturated heterocycles. The van der Waals surface area contributed by atoms with Gasteiger partial charge in [-0.1, -0.05) is 6.92 Å². The van der Waals surface area contributed by atoms with E-state index in [4.69, 9.17) is 11.1 Å². The van der Waals surface area contributed by atoms with Gasteiger partial charge in [0.05, 0.1) is 12.0 Å². The van der Waals surface area contributed by atoms with Gasteiger partial charge in [-0.15, -0.1) is 0 Å². The van der Waals surface area contributed by atoms with Crippen LogP contribution in [0.15, 0.2) is 6.07 Å². The number of nitriles is 1. The lowest BCUT2D eigenvalue weighted by Gasteiger charge is -2.23. The molecule has 0 radical (unpaired) electrons. The number of hydrogen-bond donors (Lipinski definition) is 2. The van der Waals surface area contributed by atoms with Crippen molar-refractivity contribution in [2.24, 2.45) is 11.8 Å². The molecule has 0 bridgehead atoms. The van der Waals surface area contributed by atoms with Gasteiger partial charge in [0.1, 0.15) is 17.5 Å². The number of aromatic nitrogens is 2. The molecule has 19 heavy (non-hydrogen) atoms. The lowest BCUT2D eigenvalue weighted by atomic mass is 10.2. The van der Waals surface area contributed by atoms with Crippen LogP contribution in [0.5, 0.6) is 0 Å². The number of nitrogens with two attached hydrogens (primary N) is 1. The van der Waals surface area contributed by atoms with Gasteiger partial charge in [-0.2, -0.15) is 5.26 Å². The predicted octanol–water partition coefficient (Wildman–Crippen LogP) is 1.70. The van der Waals surface area contributed by atoms with E-state index in [1.807, 2.05) is 19.9 Å². The highest BCUT2D eigenvalue weighted by atomic mass is 15.3. The van der Waals surface area contributed by atoms with E-state index in [9.17, 15) is 0 Å². The molecule has 0 aliphatic carbocycles. The molecule has 1 unspecified atom stereocenters. The van der Waals surface area contributed by atoms with Crippen molar-refractivity contribution in [2.75, 3.05) is 23.4 Å². The summed E-state index contributed by atoms with van der Waals surface area (Å²) in [5, 5.41) is 8.92. The van der Waals surface area contributed by atoms with Crippen LogP contribution in [0.1, 0.15) is 33.0 Å². The van der Waals surface area contributed by atoms with E-state index in [0.29, 0.717) is 12.4 Å². The first-order valence-corrected chi connectivity index (χ1v) is 6.63. The number of nitrogens with one attached hydrogen (secondary N) is 1. The summed E-state index contributed by atoms with van der Waals surface area (Å²) in [5.41, 5.74) is 2.57. The largest absolute Gasteiger partial charge is 0.355 e. The number of aryl methyl sites for hydroxylation is 1. The number of hydrazine groups is 1. The Kier molecular flexibility index (Phi) is 6.03. The van der Waals surface area contributed by atoms with Crippen molar-refractivity contribution in [3.05, 3.63) is 11.9 Å². The maximum Gasteiger partial charge on any atom is 0.145 e. The molecule has 1 aromatic rings. The Hall–Kier alpha value is -1.87. The molecule has 0 saturated carbocycles. The van der Waals surface area contributed by atoms with Crippen LogP contribution in [0.2, 0.25) is 0 Å². The van der Waals surface area contributed by atoms with Crippen molar-refractivity contribution < 1.29 is 0 Å². The standard InChI is InChI=1S/C13H22N6/c1-4-6-11-16-12(18-15)7-13(17-11)19(5-2)9-10(3)8-14/h7,10H,4-6,9,15H2,1-3H3,(H,16,17,18). The first-order chi connectivity index (χ1) is 9.14. The van der Waals surface area contributed by atoms with Gasteiger partial charge in [-0.3, -0.25) is 0 Å². The molecule has 6 nitrogen and oxygen atoms in total. The number of nitrogen functional groups attached to an aromatic ring is 1. The van der Waals surface area contributed by atoms with Crippen molar-refractivity contribution >= 4 is 11.6 Å². The van der Waals surface area contributed by atoms with E-state index in [-0.39, 0.29) is 5.92 Å². The molecule has 0 amide bonds. The van der Waals surface area contributed by atoms with Crippen LogP contribution in [0, 0.1) is 17.2 Å². The number of nitrogens with zero attached hydrogens (tertiary/aromatic N) is 4. The molecule has 1 heterocycles. The van der Waals surface area contributed by atoms with Crippen molar-refractivity contribution in [1.82, 2.24) is 9.97 Å². The summed E-state index contributed by atoms with van der Waals surface area (Å²) in [6.07, 6.45) is 1.79. The van der Waals surface area contributed by atoms with Gasteiger partial charge in [-0.05, 0) is 20.3 Å². The first-order valence-electron chi connectivity index (χ1n) is 6.63. The lowest BCUT2D eigenvalue weighted by Crippen LogP contribution is -2.29. The minimum atomic E-state index is -0.0428. The van der Waals surface area contributed by atoms with Crippen molar-refractivity contribution in [2.45, 2.75) is 33.6 Å². The fraction of sp³-hybridized carbons (Fsp3) is 0.615. The third kappa shape index (κ3) is 4.38. The summed E-state index contributed by atoms with van der Waals surface area (Å²) >= 11 is 0. The van der Waals surface area contributed by atoms with Gasteiger partial charge < -0.3 is 10.3 Å². The Labute approximate surface area is 114 Å². The molecule has 6 heteroatoms. The Morgan fingerprint density at radius 3 is 2.74 bits per heavy atom. The Morgan fingerprint density at radius 1 is 1.47 bits per heavy atom. The zero-order valence-electron chi connectivity index (χ0n) is 11.8. The van der Waals surface area contributed by atoms with Gasteiger partial charge in [0, 0.05) is 25.6 Å². The van der Waals surface area contributed by atoms with Crippen LogP contribution in [0.3, 0.4) is 0 Å².